The SMILES string of the molecule is c1ccc(N(c2cc3ccccc3c3ccccc23)c2ccc3ccc4c(N(c5ccccc5)c5cc6ccccc6c6ccccc56)ccc5ccc2c3c54)cc1. The molecule has 12 rings (SSSR count). The van der Waals surface area contributed by atoms with E-state index >= 15 is 0 Å². The van der Waals surface area contributed by atoms with Crippen molar-refractivity contribution in [2.45, 2.75) is 0 Å². The molecular weight excluding hydrogens is 701 g/mol. The molecule has 2 nitrogen and oxygen atoms in total. The van der Waals surface area contributed by atoms with Gasteiger partial charge in [0.1, 0.15) is 0 Å². The average molecular weight is 737 g/mol. The molecule has 0 saturated carbocycles. The Morgan fingerprint density at radius 2 is 0.552 bits per heavy atom. The molecule has 0 fully saturated rings. The molecule has 12 aromatic carbocycles. The molecule has 0 aliphatic carbocycles. The summed E-state index contributed by atoms with van der Waals surface area (Å²) < 4.78 is 0. The molecule has 0 radical (unpaired) electrons. The van der Waals surface area contributed by atoms with E-state index in [2.05, 4.69) is 228 Å². The molecule has 0 heterocycles. The molecule has 0 bridgehead atoms. The third-order valence-corrected chi connectivity index (χ3v) is 12.1. The van der Waals surface area contributed by atoms with Gasteiger partial charge in [0, 0.05) is 32.9 Å². The molecule has 0 saturated heterocycles. The van der Waals surface area contributed by atoms with Gasteiger partial charge in [-0.15, -0.1) is 0 Å². The van der Waals surface area contributed by atoms with Gasteiger partial charge in [-0.05, 0) is 102 Å². The van der Waals surface area contributed by atoms with Crippen LogP contribution in [0.3, 0.4) is 0 Å². The predicted molar refractivity (Wildman–Crippen MR) is 250 cm³/mol. The highest BCUT2D eigenvalue weighted by Crippen LogP contribution is 2.50. The van der Waals surface area contributed by atoms with E-state index in [-0.39, 0.29) is 0 Å². The quantitative estimate of drug-likeness (QED) is 0.157. The minimum absolute atomic E-state index is 1.12. The summed E-state index contributed by atoms with van der Waals surface area (Å²) in [6.45, 7) is 0. The first-order chi connectivity index (χ1) is 28.8. The molecule has 0 amide bonds. The zero-order valence-electron chi connectivity index (χ0n) is 31.7. The van der Waals surface area contributed by atoms with E-state index in [1.807, 2.05) is 0 Å². The first-order valence-electron chi connectivity index (χ1n) is 20.0. The maximum absolute atomic E-state index is 2.47. The Balaban J connectivity index is 1.15. The number of rotatable bonds is 6. The van der Waals surface area contributed by atoms with Gasteiger partial charge < -0.3 is 9.80 Å². The van der Waals surface area contributed by atoms with Crippen LogP contribution in [0.5, 0.6) is 0 Å². The lowest BCUT2D eigenvalue weighted by Crippen LogP contribution is -2.12. The summed E-state index contributed by atoms with van der Waals surface area (Å²) in [5, 5.41) is 17.4. The maximum Gasteiger partial charge on any atom is 0.0546 e. The molecule has 58 heavy (non-hydrogen) atoms. The second kappa shape index (κ2) is 12.9. The maximum atomic E-state index is 2.47. The van der Waals surface area contributed by atoms with Crippen molar-refractivity contribution < 1.29 is 0 Å². The van der Waals surface area contributed by atoms with Crippen LogP contribution in [0.4, 0.5) is 34.1 Å². The number of hydrogen-bond acceptors (Lipinski definition) is 2. The van der Waals surface area contributed by atoms with Crippen LogP contribution in [0, 0.1) is 0 Å². The van der Waals surface area contributed by atoms with Crippen molar-refractivity contribution in [2.24, 2.45) is 0 Å². The number of benzene rings is 12. The Morgan fingerprint density at radius 1 is 0.207 bits per heavy atom. The first-order valence-corrected chi connectivity index (χ1v) is 20.0. The highest BCUT2D eigenvalue weighted by Gasteiger charge is 2.24. The van der Waals surface area contributed by atoms with E-state index in [0.717, 1.165) is 34.1 Å². The van der Waals surface area contributed by atoms with E-state index in [0.29, 0.717) is 0 Å². The van der Waals surface area contributed by atoms with Gasteiger partial charge in [-0.1, -0.05) is 170 Å². The number of hydrogen-bond donors (Lipinski definition) is 0. The number of para-hydroxylation sites is 2. The van der Waals surface area contributed by atoms with Gasteiger partial charge in [0.25, 0.3) is 0 Å². The van der Waals surface area contributed by atoms with Gasteiger partial charge in [-0.2, -0.15) is 0 Å². The summed E-state index contributed by atoms with van der Waals surface area (Å²) in [5.41, 5.74) is 6.87. The van der Waals surface area contributed by atoms with Gasteiger partial charge in [-0.3, -0.25) is 0 Å². The molecular formula is C56H36N2. The molecule has 0 aliphatic heterocycles. The molecule has 0 aromatic heterocycles. The Morgan fingerprint density at radius 3 is 0.983 bits per heavy atom. The van der Waals surface area contributed by atoms with Crippen molar-refractivity contribution >= 4 is 110 Å². The van der Waals surface area contributed by atoms with Gasteiger partial charge in [-0.25, -0.2) is 0 Å². The highest BCUT2D eigenvalue weighted by atomic mass is 15.2. The minimum atomic E-state index is 1.12. The fourth-order valence-electron chi connectivity index (χ4n) is 9.57. The third kappa shape index (κ3) is 4.92. The van der Waals surface area contributed by atoms with Gasteiger partial charge >= 0.3 is 0 Å². The van der Waals surface area contributed by atoms with Crippen LogP contribution < -0.4 is 9.80 Å². The summed E-state index contributed by atoms with van der Waals surface area (Å²) in [6, 6.07) is 80.2. The lowest BCUT2D eigenvalue weighted by molar-refractivity contribution is 1.32. The number of fused-ring (bicyclic) bond motifs is 6. The lowest BCUT2D eigenvalue weighted by atomic mass is 9.91. The largest absolute Gasteiger partial charge is 0.309 e. The fraction of sp³-hybridized carbons (Fsp3) is 0. The second-order valence-electron chi connectivity index (χ2n) is 15.3. The second-order valence-corrected chi connectivity index (χ2v) is 15.3. The summed E-state index contributed by atoms with van der Waals surface area (Å²) in [7, 11) is 0. The Kier molecular flexibility index (Phi) is 7.26. The van der Waals surface area contributed by atoms with Crippen molar-refractivity contribution in [3.8, 4) is 0 Å². The van der Waals surface area contributed by atoms with E-state index in [1.165, 1.54) is 75.4 Å². The summed E-state index contributed by atoms with van der Waals surface area (Å²) in [5.74, 6) is 0. The van der Waals surface area contributed by atoms with E-state index in [9.17, 15) is 0 Å². The monoisotopic (exact) mass is 736 g/mol. The minimum Gasteiger partial charge on any atom is -0.309 e. The van der Waals surface area contributed by atoms with Crippen molar-refractivity contribution in [2.75, 3.05) is 9.80 Å². The molecule has 0 aliphatic rings. The van der Waals surface area contributed by atoms with Crippen LogP contribution in [0.15, 0.2) is 218 Å². The molecule has 0 spiro atoms. The van der Waals surface area contributed by atoms with E-state index < -0.39 is 0 Å². The summed E-state index contributed by atoms with van der Waals surface area (Å²) in [6.07, 6.45) is 0. The standard InChI is InChI=1S/C56H36N2/c1-3-17-41(18-4-1)57(53-35-39-15-7-9-21-43(39)45-23-11-13-25-47(45)53)51-33-29-37-28-32-50-52(34-30-38-27-31-49(51)55(37)56(38)50)58(42-19-5-2-6-20-42)54-36-40-16-8-10-22-44(40)46-24-12-14-26-48(46)54/h1-36H. The summed E-state index contributed by atoms with van der Waals surface area (Å²) >= 11 is 0. The Hall–Kier alpha value is -7.68. The van der Waals surface area contributed by atoms with Crippen LogP contribution in [0.25, 0.3) is 75.4 Å². The Bertz CT molecular complexity index is 3280. The van der Waals surface area contributed by atoms with Crippen molar-refractivity contribution in [3.63, 3.8) is 0 Å². The smallest absolute Gasteiger partial charge is 0.0546 e. The average Bonchev–Trinajstić information content (AvgIpc) is 3.30. The highest BCUT2D eigenvalue weighted by molar-refractivity contribution is 6.29. The number of nitrogens with zero attached hydrogens (tertiary/aromatic N) is 2. The molecule has 270 valence electrons. The van der Waals surface area contributed by atoms with E-state index in [1.54, 1.807) is 0 Å². The van der Waals surface area contributed by atoms with Gasteiger partial charge in [0.05, 0.1) is 22.7 Å². The molecule has 12 aromatic rings. The van der Waals surface area contributed by atoms with Crippen LogP contribution in [-0.2, 0) is 0 Å². The fourth-order valence-corrected chi connectivity index (χ4v) is 9.57. The van der Waals surface area contributed by atoms with Crippen LogP contribution >= 0.6 is 0 Å². The van der Waals surface area contributed by atoms with Crippen LogP contribution in [0.1, 0.15) is 0 Å². The Labute approximate surface area is 336 Å². The molecule has 0 N–H and O–H groups in total. The van der Waals surface area contributed by atoms with Crippen LogP contribution in [-0.4, -0.2) is 0 Å². The third-order valence-electron chi connectivity index (χ3n) is 12.1. The van der Waals surface area contributed by atoms with Gasteiger partial charge in [0.15, 0.2) is 0 Å². The molecule has 2 heteroatoms. The molecule has 0 atom stereocenters. The zero-order valence-corrected chi connectivity index (χ0v) is 31.7. The zero-order chi connectivity index (χ0) is 38.2. The lowest BCUT2D eigenvalue weighted by Gasteiger charge is -2.30. The summed E-state index contributed by atoms with van der Waals surface area (Å²) in [4.78, 5) is 4.94. The van der Waals surface area contributed by atoms with Crippen molar-refractivity contribution in [3.05, 3.63) is 218 Å². The van der Waals surface area contributed by atoms with Crippen molar-refractivity contribution in [1.29, 1.82) is 0 Å². The van der Waals surface area contributed by atoms with Gasteiger partial charge in [0.2, 0.25) is 0 Å². The topological polar surface area (TPSA) is 6.48 Å². The first kappa shape index (κ1) is 32.6. The van der Waals surface area contributed by atoms with E-state index in [4.69, 9.17) is 0 Å². The normalized spacial score (nSPS) is 11.8. The number of anilines is 6. The molecule has 0 unspecified atom stereocenters. The van der Waals surface area contributed by atoms with Crippen molar-refractivity contribution in [1.82, 2.24) is 0 Å². The van der Waals surface area contributed by atoms with Crippen LogP contribution in [0.2, 0.25) is 0 Å². The predicted octanol–water partition coefficient (Wildman–Crippen LogP) is 16.1.